The largest absolute Gasteiger partial charge is 0.395 e. The van der Waals surface area contributed by atoms with Gasteiger partial charge in [0.05, 0.1) is 6.61 Å². The number of hydrogen-bond donors (Lipinski definition) is 2. The minimum atomic E-state index is 0.107. The maximum Gasteiger partial charge on any atom is 0.0602 e. The Balaban J connectivity index is 2.51. The topological polar surface area (TPSA) is 49.5 Å². The Morgan fingerprint density at radius 1 is 1.40 bits per heavy atom. The summed E-state index contributed by atoms with van der Waals surface area (Å²) in [4.78, 5) is 2.38. The van der Waals surface area contributed by atoms with Crippen molar-refractivity contribution >= 4 is 0 Å². The molecule has 3 N–H and O–H groups in total. The van der Waals surface area contributed by atoms with E-state index in [1.54, 1.807) is 0 Å². The van der Waals surface area contributed by atoms with E-state index in [2.05, 4.69) is 25.7 Å². The molecule has 0 aromatic heterocycles. The molecule has 1 rings (SSSR count). The number of nitrogens with zero attached hydrogens (tertiary/aromatic N) is 1. The van der Waals surface area contributed by atoms with E-state index < -0.39 is 0 Å². The van der Waals surface area contributed by atoms with Gasteiger partial charge in [-0.05, 0) is 31.7 Å². The van der Waals surface area contributed by atoms with Gasteiger partial charge >= 0.3 is 0 Å². The van der Waals surface area contributed by atoms with Crippen molar-refractivity contribution in [3.05, 3.63) is 0 Å². The van der Waals surface area contributed by atoms with Crippen molar-refractivity contribution in [2.45, 2.75) is 58.2 Å². The fraction of sp³-hybridized carbons (Fsp3) is 1.00. The lowest BCUT2D eigenvalue weighted by molar-refractivity contribution is 0.0960. The predicted octanol–water partition coefficient (Wildman–Crippen LogP) is 1.21. The summed E-state index contributed by atoms with van der Waals surface area (Å²) in [5, 5.41) is 9.47. The first-order valence-corrected chi connectivity index (χ1v) is 6.22. The third-order valence-corrected chi connectivity index (χ3v) is 3.23. The molecule has 0 aromatic carbocycles. The molecule has 15 heavy (non-hydrogen) atoms. The molecule has 0 radical (unpaired) electrons. The van der Waals surface area contributed by atoms with Crippen molar-refractivity contribution < 1.29 is 5.11 Å². The molecular weight excluding hydrogens is 188 g/mol. The smallest absolute Gasteiger partial charge is 0.0602 e. The number of hydrogen-bond acceptors (Lipinski definition) is 3. The van der Waals surface area contributed by atoms with Crippen LogP contribution in [-0.4, -0.2) is 41.3 Å². The first-order chi connectivity index (χ1) is 7.10. The molecule has 0 aromatic rings. The van der Waals surface area contributed by atoms with Crippen LogP contribution < -0.4 is 5.73 Å². The minimum Gasteiger partial charge on any atom is -0.395 e. The zero-order valence-corrected chi connectivity index (χ0v) is 10.3. The highest BCUT2D eigenvalue weighted by atomic mass is 16.3. The highest BCUT2D eigenvalue weighted by Gasteiger charge is 2.35. The van der Waals surface area contributed by atoms with Crippen molar-refractivity contribution in [1.82, 2.24) is 4.90 Å². The lowest BCUT2D eigenvalue weighted by Gasteiger charge is -2.34. The van der Waals surface area contributed by atoms with Crippen LogP contribution in [0.1, 0.15) is 40.0 Å². The molecule has 2 unspecified atom stereocenters. The van der Waals surface area contributed by atoms with E-state index in [0.29, 0.717) is 12.0 Å². The summed E-state index contributed by atoms with van der Waals surface area (Å²) < 4.78 is 0. The summed E-state index contributed by atoms with van der Waals surface area (Å²) in [6, 6.07) is 0.950. The van der Waals surface area contributed by atoms with Gasteiger partial charge in [-0.25, -0.2) is 0 Å². The van der Waals surface area contributed by atoms with Crippen molar-refractivity contribution in [3.63, 3.8) is 0 Å². The second-order valence-corrected chi connectivity index (χ2v) is 5.10. The first kappa shape index (κ1) is 12.9. The van der Waals surface area contributed by atoms with E-state index in [-0.39, 0.29) is 18.7 Å². The van der Waals surface area contributed by atoms with Crippen molar-refractivity contribution in [2.24, 2.45) is 11.7 Å². The Labute approximate surface area is 93.6 Å². The van der Waals surface area contributed by atoms with Gasteiger partial charge in [-0.3, -0.25) is 4.90 Å². The molecular formula is C12H26N2O. The Hall–Kier alpha value is -0.120. The molecule has 0 saturated heterocycles. The number of aliphatic hydroxyl groups excluding tert-OH is 1. The summed E-state index contributed by atoms with van der Waals surface area (Å²) in [5.41, 5.74) is 6.17. The van der Waals surface area contributed by atoms with E-state index in [1.807, 2.05) is 0 Å². The third kappa shape index (κ3) is 3.74. The van der Waals surface area contributed by atoms with E-state index >= 15 is 0 Å². The molecule has 0 bridgehead atoms. The summed E-state index contributed by atoms with van der Waals surface area (Å²) in [6.45, 7) is 7.71. The second-order valence-electron chi connectivity index (χ2n) is 5.10. The van der Waals surface area contributed by atoms with Gasteiger partial charge in [0.1, 0.15) is 0 Å². The van der Waals surface area contributed by atoms with Crippen LogP contribution in [0.5, 0.6) is 0 Å². The molecule has 1 fully saturated rings. The molecule has 0 amide bonds. The molecule has 1 saturated carbocycles. The fourth-order valence-corrected chi connectivity index (χ4v) is 2.36. The molecule has 0 heterocycles. The highest BCUT2D eigenvalue weighted by molar-refractivity contribution is 4.92. The Morgan fingerprint density at radius 3 is 2.33 bits per heavy atom. The Kier molecular flexibility index (Phi) is 5.03. The summed E-state index contributed by atoms with van der Waals surface area (Å²) in [7, 11) is 0. The Bertz CT molecular complexity index is 180. The van der Waals surface area contributed by atoms with Crippen molar-refractivity contribution in [3.8, 4) is 0 Å². The zero-order chi connectivity index (χ0) is 11.4. The van der Waals surface area contributed by atoms with Crippen LogP contribution >= 0.6 is 0 Å². The van der Waals surface area contributed by atoms with Crippen molar-refractivity contribution in [1.29, 1.82) is 0 Å². The third-order valence-electron chi connectivity index (χ3n) is 3.23. The summed E-state index contributed by atoms with van der Waals surface area (Å²) in [5.74, 6) is 0.604. The van der Waals surface area contributed by atoms with Gasteiger partial charge in [-0.1, -0.05) is 20.8 Å². The van der Waals surface area contributed by atoms with Crippen LogP contribution in [0.4, 0.5) is 0 Å². The zero-order valence-electron chi connectivity index (χ0n) is 10.3. The lowest BCUT2D eigenvalue weighted by atomic mass is 9.97. The van der Waals surface area contributed by atoms with Gasteiger partial charge in [-0.15, -0.1) is 0 Å². The van der Waals surface area contributed by atoms with E-state index in [4.69, 9.17) is 5.73 Å². The van der Waals surface area contributed by atoms with E-state index in [1.165, 1.54) is 12.8 Å². The average molecular weight is 214 g/mol. The van der Waals surface area contributed by atoms with E-state index in [0.717, 1.165) is 13.0 Å². The van der Waals surface area contributed by atoms with Crippen LogP contribution in [0.15, 0.2) is 0 Å². The maximum absolute atomic E-state index is 9.47. The molecule has 3 nitrogen and oxygen atoms in total. The maximum atomic E-state index is 9.47. The van der Waals surface area contributed by atoms with Crippen LogP contribution in [0, 0.1) is 5.92 Å². The van der Waals surface area contributed by atoms with Gasteiger partial charge in [0, 0.05) is 18.1 Å². The van der Waals surface area contributed by atoms with Crippen LogP contribution in [0.2, 0.25) is 0 Å². The average Bonchev–Trinajstić information content (AvgIpc) is 2.95. The number of aliphatic hydroxyl groups is 1. The minimum absolute atomic E-state index is 0.107. The van der Waals surface area contributed by atoms with Crippen LogP contribution in [0.25, 0.3) is 0 Å². The normalized spacial score (nSPS) is 21.0. The van der Waals surface area contributed by atoms with Gasteiger partial charge in [0.15, 0.2) is 0 Å². The number of nitrogens with two attached hydrogens (primary N) is 1. The second kappa shape index (κ2) is 5.83. The molecule has 1 aliphatic rings. The number of rotatable bonds is 7. The monoisotopic (exact) mass is 214 g/mol. The van der Waals surface area contributed by atoms with Gasteiger partial charge in [0.2, 0.25) is 0 Å². The molecule has 3 heteroatoms. The van der Waals surface area contributed by atoms with Crippen LogP contribution in [-0.2, 0) is 0 Å². The lowest BCUT2D eigenvalue weighted by Crippen LogP contribution is -2.51. The summed E-state index contributed by atoms with van der Waals surface area (Å²) in [6.07, 6.45) is 3.55. The molecule has 0 aliphatic heterocycles. The quantitative estimate of drug-likeness (QED) is 0.669. The molecule has 90 valence electrons. The van der Waals surface area contributed by atoms with Gasteiger partial charge in [-0.2, -0.15) is 0 Å². The Morgan fingerprint density at radius 2 is 2.00 bits per heavy atom. The van der Waals surface area contributed by atoms with Gasteiger partial charge in [0.25, 0.3) is 0 Å². The molecule has 2 atom stereocenters. The fourth-order valence-electron chi connectivity index (χ4n) is 2.36. The SMILES string of the molecule is CCN(C1CC1)C(CO)C(N)CC(C)C. The highest BCUT2D eigenvalue weighted by Crippen LogP contribution is 2.29. The predicted molar refractivity (Wildman–Crippen MR) is 63.7 cm³/mol. The van der Waals surface area contributed by atoms with Gasteiger partial charge < -0.3 is 10.8 Å². The van der Waals surface area contributed by atoms with Crippen LogP contribution in [0.3, 0.4) is 0 Å². The molecule has 0 spiro atoms. The van der Waals surface area contributed by atoms with Crippen molar-refractivity contribution in [2.75, 3.05) is 13.2 Å². The summed E-state index contributed by atoms with van der Waals surface area (Å²) >= 11 is 0. The standard InChI is InChI=1S/C12H26N2O/c1-4-14(10-5-6-10)12(8-15)11(13)7-9(2)3/h9-12,15H,4-8,13H2,1-3H3. The first-order valence-electron chi connectivity index (χ1n) is 6.22. The molecule has 1 aliphatic carbocycles. The number of likely N-dealkylation sites (N-methyl/N-ethyl adjacent to an activating group) is 1. The van der Waals surface area contributed by atoms with E-state index in [9.17, 15) is 5.11 Å².